The third-order valence-corrected chi connectivity index (χ3v) is 4.77. The SMILES string of the molecule is OCCN(CCO)c1ccc(N=Nc2ccc(Br)c3ccccc23)cc1. The monoisotopic (exact) mass is 413 g/mol. The normalized spacial score (nSPS) is 11.3. The van der Waals surface area contributed by atoms with Gasteiger partial charge in [0.15, 0.2) is 0 Å². The van der Waals surface area contributed by atoms with Crippen molar-refractivity contribution in [2.24, 2.45) is 10.2 Å². The summed E-state index contributed by atoms with van der Waals surface area (Å²) in [6.45, 7) is 1.04. The van der Waals surface area contributed by atoms with Gasteiger partial charge in [-0.2, -0.15) is 5.11 Å². The van der Waals surface area contributed by atoms with Crippen molar-refractivity contribution >= 4 is 43.8 Å². The maximum atomic E-state index is 9.14. The first-order valence-electron chi connectivity index (χ1n) is 8.38. The molecule has 0 heterocycles. The molecule has 2 N–H and O–H groups in total. The molecule has 3 aromatic carbocycles. The van der Waals surface area contributed by atoms with Crippen molar-refractivity contribution in [2.75, 3.05) is 31.2 Å². The highest BCUT2D eigenvalue weighted by Crippen LogP contribution is 2.32. The average molecular weight is 414 g/mol. The second-order valence-electron chi connectivity index (χ2n) is 5.76. The maximum Gasteiger partial charge on any atom is 0.0936 e. The van der Waals surface area contributed by atoms with Crippen LogP contribution in [0.1, 0.15) is 0 Å². The molecule has 5 nitrogen and oxygen atoms in total. The van der Waals surface area contributed by atoms with E-state index >= 15 is 0 Å². The number of anilines is 1. The molecule has 6 heteroatoms. The van der Waals surface area contributed by atoms with Crippen LogP contribution in [0.15, 0.2) is 75.4 Å². The Kier molecular flexibility index (Phi) is 6.33. The molecule has 0 radical (unpaired) electrons. The van der Waals surface area contributed by atoms with E-state index in [2.05, 4.69) is 26.2 Å². The molecule has 3 aromatic rings. The summed E-state index contributed by atoms with van der Waals surface area (Å²) in [7, 11) is 0. The van der Waals surface area contributed by atoms with E-state index in [1.54, 1.807) is 0 Å². The number of rotatable bonds is 7. The van der Waals surface area contributed by atoms with Gasteiger partial charge in [0, 0.05) is 28.6 Å². The van der Waals surface area contributed by atoms with E-state index < -0.39 is 0 Å². The van der Waals surface area contributed by atoms with Gasteiger partial charge >= 0.3 is 0 Å². The molecular formula is C20H20BrN3O2. The molecule has 0 bridgehead atoms. The van der Waals surface area contributed by atoms with Gasteiger partial charge in [0.05, 0.1) is 24.6 Å². The largest absolute Gasteiger partial charge is 0.395 e. The summed E-state index contributed by atoms with van der Waals surface area (Å²) in [5.74, 6) is 0. The van der Waals surface area contributed by atoms with Crippen molar-refractivity contribution < 1.29 is 10.2 Å². The number of azo groups is 1. The van der Waals surface area contributed by atoms with E-state index in [0.29, 0.717) is 13.1 Å². The molecular weight excluding hydrogens is 394 g/mol. The number of aliphatic hydroxyl groups is 2. The zero-order chi connectivity index (χ0) is 18.4. The van der Waals surface area contributed by atoms with E-state index in [4.69, 9.17) is 10.2 Å². The summed E-state index contributed by atoms with van der Waals surface area (Å²) < 4.78 is 1.03. The predicted octanol–water partition coefficient (Wildman–Crippen LogP) is 4.81. The first-order chi connectivity index (χ1) is 12.7. The third-order valence-electron chi connectivity index (χ3n) is 4.08. The standard InChI is InChI=1S/C20H20BrN3O2/c21-19-9-10-20(18-4-2-1-3-17(18)19)23-22-15-5-7-16(8-6-15)24(11-13-25)12-14-26/h1-10,25-26H,11-14H2. The Morgan fingerprint density at radius 2 is 1.42 bits per heavy atom. The van der Waals surface area contributed by atoms with Crippen molar-refractivity contribution in [3.8, 4) is 0 Å². The fraction of sp³-hybridized carbons (Fsp3) is 0.200. The van der Waals surface area contributed by atoms with Crippen LogP contribution < -0.4 is 4.90 Å². The molecule has 0 aliphatic rings. The number of hydrogen-bond donors (Lipinski definition) is 2. The van der Waals surface area contributed by atoms with Gasteiger partial charge in [-0.15, -0.1) is 5.11 Å². The highest BCUT2D eigenvalue weighted by molar-refractivity contribution is 9.10. The first kappa shape index (κ1) is 18.5. The zero-order valence-corrected chi connectivity index (χ0v) is 15.8. The Morgan fingerprint density at radius 1 is 0.769 bits per heavy atom. The molecule has 0 saturated carbocycles. The van der Waals surface area contributed by atoms with Crippen molar-refractivity contribution in [1.29, 1.82) is 0 Å². The second-order valence-corrected chi connectivity index (χ2v) is 6.62. The molecule has 3 rings (SSSR count). The van der Waals surface area contributed by atoms with E-state index in [-0.39, 0.29) is 13.2 Å². The average Bonchev–Trinajstić information content (AvgIpc) is 2.68. The maximum absolute atomic E-state index is 9.14. The minimum Gasteiger partial charge on any atom is -0.395 e. The molecule has 0 spiro atoms. The zero-order valence-electron chi connectivity index (χ0n) is 14.2. The molecule has 0 amide bonds. The smallest absolute Gasteiger partial charge is 0.0936 e. The molecule has 26 heavy (non-hydrogen) atoms. The van der Waals surface area contributed by atoms with Gasteiger partial charge in [0.1, 0.15) is 0 Å². The third kappa shape index (κ3) is 4.27. The summed E-state index contributed by atoms with van der Waals surface area (Å²) in [6, 6.07) is 19.6. The van der Waals surface area contributed by atoms with Gasteiger partial charge in [0.2, 0.25) is 0 Å². The lowest BCUT2D eigenvalue weighted by Crippen LogP contribution is -2.29. The fourth-order valence-electron chi connectivity index (χ4n) is 2.79. The van der Waals surface area contributed by atoms with E-state index in [1.807, 2.05) is 65.6 Å². The van der Waals surface area contributed by atoms with Gasteiger partial charge in [-0.05, 0) is 41.8 Å². The van der Waals surface area contributed by atoms with Crippen LogP contribution in [0, 0.1) is 0 Å². The molecule has 0 fully saturated rings. The fourth-order valence-corrected chi connectivity index (χ4v) is 3.26. The van der Waals surface area contributed by atoms with Crippen LogP contribution in [0.2, 0.25) is 0 Å². The molecule has 0 aliphatic heterocycles. The highest BCUT2D eigenvalue weighted by Gasteiger charge is 2.06. The molecule has 134 valence electrons. The van der Waals surface area contributed by atoms with Gasteiger partial charge in [-0.1, -0.05) is 40.2 Å². The van der Waals surface area contributed by atoms with Crippen LogP contribution >= 0.6 is 15.9 Å². The predicted molar refractivity (Wildman–Crippen MR) is 109 cm³/mol. The summed E-state index contributed by atoms with van der Waals surface area (Å²) in [5, 5.41) is 29.2. The number of halogens is 1. The van der Waals surface area contributed by atoms with Crippen LogP contribution in [0.4, 0.5) is 17.1 Å². The molecule has 0 saturated heterocycles. The van der Waals surface area contributed by atoms with E-state index in [0.717, 1.165) is 32.3 Å². The van der Waals surface area contributed by atoms with Gasteiger partial charge < -0.3 is 15.1 Å². The molecule has 0 aliphatic carbocycles. The Hall–Kier alpha value is -2.28. The Balaban J connectivity index is 1.82. The van der Waals surface area contributed by atoms with Crippen molar-refractivity contribution in [1.82, 2.24) is 0 Å². The summed E-state index contributed by atoms with van der Waals surface area (Å²) >= 11 is 3.56. The Morgan fingerprint density at radius 3 is 2.08 bits per heavy atom. The summed E-state index contributed by atoms with van der Waals surface area (Å²) in [5.41, 5.74) is 2.49. The van der Waals surface area contributed by atoms with Gasteiger partial charge in [0.25, 0.3) is 0 Å². The summed E-state index contributed by atoms with van der Waals surface area (Å²) in [6.07, 6.45) is 0. The lowest BCUT2D eigenvalue weighted by atomic mass is 10.1. The minimum atomic E-state index is 0.0398. The van der Waals surface area contributed by atoms with Crippen LogP contribution in [-0.2, 0) is 0 Å². The highest BCUT2D eigenvalue weighted by atomic mass is 79.9. The van der Waals surface area contributed by atoms with E-state index in [1.165, 1.54) is 0 Å². The van der Waals surface area contributed by atoms with Gasteiger partial charge in [-0.3, -0.25) is 0 Å². The second kappa shape index (κ2) is 8.89. The number of benzene rings is 3. The Labute approximate surface area is 160 Å². The number of nitrogens with zero attached hydrogens (tertiary/aromatic N) is 3. The van der Waals surface area contributed by atoms with Crippen LogP contribution in [0.5, 0.6) is 0 Å². The topological polar surface area (TPSA) is 68.4 Å². The van der Waals surface area contributed by atoms with Crippen molar-refractivity contribution in [2.45, 2.75) is 0 Å². The number of aliphatic hydroxyl groups excluding tert-OH is 2. The van der Waals surface area contributed by atoms with Crippen LogP contribution in [0.25, 0.3) is 10.8 Å². The summed E-state index contributed by atoms with van der Waals surface area (Å²) in [4.78, 5) is 1.92. The Bertz CT molecular complexity index is 891. The van der Waals surface area contributed by atoms with Crippen molar-refractivity contribution in [3.05, 3.63) is 65.1 Å². The molecule has 0 unspecified atom stereocenters. The van der Waals surface area contributed by atoms with Crippen LogP contribution in [-0.4, -0.2) is 36.5 Å². The number of fused-ring (bicyclic) bond motifs is 1. The van der Waals surface area contributed by atoms with Crippen molar-refractivity contribution in [3.63, 3.8) is 0 Å². The van der Waals surface area contributed by atoms with Gasteiger partial charge in [-0.25, -0.2) is 0 Å². The molecule has 0 atom stereocenters. The lowest BCUT2D eigenvalue weighted by molar-refractivity contribution is 0.281. The lowest BCUT2D eigenvalue weighted by Gasteiger charge is -2.22. The minimum absolute atomic E-state index is 0.0398. The van der Waals surface area contributed by atoms with E-state index in [9.17, 15) is 0 Å². The number of hydrogen-bond acceptors (Lipinski definition) is 5. The molecule has 0 aromatic heterocycles. The van der Waals surface area contributed by atoms with Crippen LogP contribution in [0.3, 0.4) is 0 Å². The quantitative estimate of drug-likeness (QED) is 0.546. The first-order valence-corrected chi connectivity index (χ1v) is 9.18.